The fourth-order valence-corrected chi connectivity index (χ4v) is 4.67. The van der Waals surface area contributed by atoms with Crippen LogP contribution in [0.15, 0.2) is 58.7 Å². The van der Waals surface area contributed by atoms with E-state index in [1.807, 2.05) is 6.92 Å². The van der Waals surface area contributed by atoms with Crippen molar-refractivity contribution in [1.29, 1.82) is 0 Å². The maximum absolute atomic E-state index is 13.5. The summed E-state index contributed by atoms with van der Waals surface area (Å²) in [6.07, 6.45) is 2.31. The highest BCUT2D eigenvalue weighted by Crippen LogP contribution is 2.42. The van der Waals surface area contributed by atoms with Gasteiger partial charge in [-0.05, 0) is 50.1 Å². The van der Waals surface area contributed by atoms with Crippen molar-refractivity contribution in [3.8, 4) is 11.5 Å². The van der Waals surface area contributed by atoms with Gasteiger partial charge in [0.1, 0.15) is 12.4 Å². The second-order valence-corrected chi connectivity index (χ2v) is 8.95. The predicted octanol–water partition coefficient (Wildman–Crippen LogP) is 3.85. The van der Waals surface area contributed by atoms with Gasteiger partial charge in [0.2, 0.25) is 5.78 Å². The van der Waals surface area contributed by atoms with Crippen LogP contribution >= 0.6 is 0 Å². The first-order chi connectivity index (χ1) is 17.9. The molecule has 2 aliphatic heterocycles. The van der Waals surface area contributed by atoms with Crippen molar-refractivity contribution >= 4 is 11.7 Å². The van der Waals surface area contributed by atoms with Crippen LogP contribution in [0.1, 0.15) is 41.3 Å². The van der Waals surface area contributed by atoms with Crippen molar-refractivity contribution in [3.63, 3.8) is 0 Å². The Morgan fingerprint density at radius 1 is 1.16 bits per heavy atom. The van der Waals surface area contributed by atoms with Crippen molar-refractivity contribution < 1.29 is 33.3 Å². The highest BCUT2D eigenvalue weighted by molar-refractivity contribution is 6.15. The number of aliphatic hydroxyl groups is 1. The van der Waals surface area contributed by atoms with E-state index in [4.69, 9.17) is 18.6 Å². The van der Waals surface area contributed by atoms with Crippen molar-refractivity contribution in [2.24, 2.45) is 0 Å². The van der Waals surface area contributed by atoms with Crippen LogP contribution in [0, 0.1) is 6.92 Å². The van der Waals surface area contributed by atoms with Gasteiger partial charge in [0.25, 0.3) is 5.91 Å². The molecule has 1 atom stereocenters. The van der Waals surface area contributed by atoms with Crippen molar-refractivity contribution in [2.75, 3.05) is 52.6 Å². The molecule has 9 nitrogen and oxygen atoms in total. The van der Waals surface area contributed by atoms with Crippen LogP contribution in [0.3, 0.4) is 0 Å². The minimum Gasteiger partial charge on any atom is -0.503 e. The molecular weight excluding hydrogens is 476 g/mol. The predicted molar refractivity (Wildman–Crippen MR) is 137 cm³/mol. The number of Topliss-reactive ketones (excluding diaryl/α,β-unsaturated/α-hetero) is 1. The maximum Gasteiger partial charge on any atom is 0.290 e. The lowest BCUT2D eigenvalue weighted by Crippen LogP contribution is -2.39. The standard InChI is InChI=1S/C28H34N2O7/c1-4-15-36-21-10-8-20(18-23(21)35-5-2)25-24(26(31)22-9-7-19(3)37-22)27(32)28(33)30(25)12-6-11-29-13-16-34-17-14-29/h4,7-10,18,25,32H,1,5-6,11-17H2,2-3H3. The molecule has 4 rings (SSSR count). The molecule has 9 heteroatoms. The Labute approximate surface area is 216 Å². The lowest BCUT2D eigenvalue weighted by atomic mass is 9.94. The van der Waals surface area contributed by atoms with Gasteiger partial charge in [-0.3, -0.25) is 14.5 Å². The molecule has 198 valence electrons. The van der Waals surface area contributed by atoms with Crippen molar-refractivity contribution in [2.45, 2.75) is 26.3 Å². The van der Waals surface area contributed by atoms with E-state index in [1.165, 1.54) is 0 Å². The fraction of sp³-hybridized carbons (Fsp3) is 0.429. The van der Waals surface area contributed by atoms with Gasteiger partial charge < -0.3 is 28.6 Å². The lowest BCUT2D eigenvalue weighted by Gasteiger charge is -2.30. The van der Waals surface area contributed by atoms with E-state index in [-0.39, 0.29) is 11.3 Å². The highest BCUT2D eigenvalue weighted by Gasteiger charge is 2.44. The molecule has 1 amide bonds. The third-order valence-corrected chi connectivity index (χ3v) is 6.43. The van der Waals surface area contributed by atoms with Gasteiger partial charge in [-0.25, -0.2) is 0 Å². The third kappa shape index (κ3) is 5.89. The van der Waals surface area contributed by atoms with E-state index >= 15 is 0 Å². The number of rotatable bonds is 12. The molecule has 3 heterocycles. The Morgan fingerprint density at radius 3 is 2.62 bits per heavy atom. The van der Waals surface area contributed by atoms with Crippen LogP contribution in [0.25, 0.3) is 0 Å². The van der Waals surface area contributed by atoms with Gasteiger partial charge in [0.15, 0.2) is 23.0 Å². The van der Waals surface area contributed by atoms with E-state index in [2.05, 4.69) is 11.5 Å². The molecule has 0 radical (unpaired) electrons. The third-order valence-electron chi connectivity index (χ3n) is 6.43. The van der Waals surface area contributed by atoms with E-state index in [0.717, 1.165) is 19.6 Å². The van der Waals surface area contributed by atoms with Crippen LogP contribution in [-0.2, 0) is 9.53 Å². The van der Waals surface area contributed by atoms with Crippen molar-refractivity contribution in [1.82, 2.24) is 9.80 Å². The molecule has 1 saturated heterocycles. The van der Waals surface area contributed by atoms with Gasteiger partial charge in [0, 0.05) is 26.2 Å². The first-order valence-electron chi connectivity index (χ1n) is 12.6. The molecule has 0 aliphatic carbocycles. The number of aryl methyl sites for hydroxylation is 1. The molecule has 1 N–H and O–H groups in total. The average molecular weight is 511 g/mol. The minimum atomic E-state index is -0.803. The first-order valence-corrected chi connectivity index (χ1v) is 12.6. The number of carbonyl (C=O) groups excluding carboxylic acids is 2. The average Bonchev–Trinajstić information content (AvgIpc) is 3.45. The zero-order valence-corrected chi connectivity index (χ0v) is 21.4. The SMILES string of the molecule is C=CCOc1ccc(C2C(C(=O)c3ccc(C)o3)=C(O)C(=O)N2CCCN2CCOCC2)cc1OCC. The summed E-state index contributed by atoms with van der Waals surface area (Å²) in [6, 6.07) is 7.71. The number of furan rings is 1. The second-order valence-electron chi connectivity index (χ2n) is 8.95. The zero-order chi connectivity index (χ0) is 26.4. The molecule has 1 aromatic carbocycles. The van der Waals surface area contributed by atoms with Gasteiger partial charge in [-0.15, -0.1) is 0 Å². The number of amides is 1. The van der Waals surface area contributed by atoms with E-state index in [0.29, 0.717) is 62.2 Å². The van der Waals surface area contributed by atoms with Crippen LogP contribution in [-0.4, -0.2) is 79.2 Å². The Bertz CT molecular complexity index is 1160. The van der Waals surface area contributed by atoms with Crippen LogP contribution in [0.4, 0.5) is 0 Å². The van der Waals surface area contributed by atoms with Gasteiger partial charge in [-0.1, -0.05) is 18.7 Å². The topological polar surface area (TPSA) is 102 Å². The number of morpholine rings is 1. The van der Waals surface area contributed by atoms with Crippen LogP contribution in [0.2, 0.25) is 0 Å². The highest BCUT2D eigenvalue weighted by atomic mass is 16.5. The van der Waals surface area contributed by atoms with E-state index in [9.17, 15) is 14.7 Å². The monoisotopic (exact) mass is 510 g/mol. The molecule has 2 aliphatic rings. The molecule has 0 saturated carbocycles. The molecule has 0 bridgehead atoms. The van der Waals surface area contributed by atoms with Gasteiger partial charge in [-0.2, -0.15) is 0 Å². The molecule has 1 aromatic heterocycles. The number of ether oxygens (including phenoxy) is 3. The van der Waals surface area contributed by atoms with Gasteiger partial charge in [0.05, 0.1) is 31.4 Å². The quantitative estimate of drug-likeness (QED) is 0.339. The summed E-state index contributed by atoms with van der Waals surface area (Å²) in [5.41, 5.74) is 0.623. The summed E-state index contributed by atoms with van der Waals surface area (Å²) < 4.78 is 22.5. The summed E-state index contributed by atoms with van der Waals surface area (Å²) >= 11 is 0. The van der Waals surface area contributed by atoms with Gasteiger partial charge >= 0.3 is 0 Å². The molecule has 2 aromatic rings. The maximum atomic E-state index is 13.5. The number of carbonyl (C=O) groups is 2. The summed E-state index contributed by atoms with van der Waals surface area (Å²) in [5.74, 6) is -0.0171. The van der Waals surface area contributed by atoms with E-state index in [1.54, 1.807) is 48.2 Å². The number of hydrogen-bond donors (Lipinski definition) is 1. The summed E-state index contributed by atoms with van der Waals surface area (Å²) in [5, 5.41) is 10.9. The van der Waals surface area contributed by atoms with E-state index < -0.39 is 23.5 Å². The first kappa shape index (κ1) is 26.5. The normalized spacial score (nSPS) is 18.4. The number of hydrogen-bond acceptors (Lipinski definition) is 8. The molecule has 1 fully saturated rings. The molecule has 1 unspecified atom stereocenters. The largest absolute Gasteiger partial charge is 0.503 e. The van der Waals surface area contributed by atoms with Crippen LogP contribution in [0.5, 0.6) is 11.5 Å². The Kier molecular flexibility index (Phi) is 8.68. The fourth-order valence-electron chi connectivity index (χ4n) is 4.67. The Morgan fingerprint density at radius 2 is 1.95 bits per heavy atom. The number of aliphatic hydroxyl groups excluding tert-OH is 1. The second kappa shape index (κ2) is 12.1. The zero-order valence-electron chi connectivity index (χ0n) is 21.4. The molecule has 0 spiro atoms. The van der Waals surface area contributed by atoms with Crippen molar-refractivity contribution in [3.05, 3.63) is 71.4 Å². The molecular formula is C28H34N2O7. The minimum absolute atomic E-state index is 0.00655. The summed E-state index contributed by atoms with van der Waals surface area (Å²) in [4.78, 5) is 30.6. The summed E-state index contributed by atoms with van der Waals surface area (Å²) in [7, 11) is 0. The summed E-state index contributed by atoms with van der Waals surface area (Å²) in [6.45, 7) is 12.2. The molecule has 37 heavy (non-hydrogen) atoms. The number of nitrogens with zero attached hydrogens (tertiary/aromatic N) is 2. The Balaban J connectivity index is 1.67. The lowest BCUT2D eigenvalue weighted by molar-refractivity contribution is -0.129. The van der Waals surface area contributed by atoms with Crippen LogP contribution < -0.4 is 9.47 Å². The smallest absolute Gasteiger partial charge is 0.290 e. The number of benzene rings is 1. The Hall–Kier alpha value is -3.56. The number of ketones is 1.